The van der Waals surface area contributed by atoms with Gasteiger partial charge in [0.25, 0.3) is 0 Å². The van der Waals surface area contributed by atoms with Gasteiger partial charge in [0.15, 0.2) is 5.82 Å². The topological polar surface area (TPSA) is 68.4 Å². The highest BCUT2D eigenvalue weighted by Crippen LogP contribution is 2.15. The van der Waals surface area contributed by atoms with E-state index >= 15 is 0 Å². The average molecular weight is 234 g/mol. The Morgan fingerprint density at radius 1 is 1.41 bits per heavy atom. The Bertz CT molecular complexity index is 482. The Kier molecular flexibility index (Phi) is 3.72. The van der Waals surface area contributed by atoms with Crippen LogP contribution in [0.4, 0.5) is 0 Å². The van der Waals surface area contributed by atoms with Crippen LogP contribution in [0.2, 0.25) is 0 Å². The molecule has 0 aliphatic carbocycles. The second kappa shape index (κ2) is 5.45. The highest BCUT2D eigenvalue weighted by Gasteiger charge is 2.07. The standard InChI is InChI=1S/C12H14N2O3/c1-16-10-4-2-3-9(7-10)8-12-13-11(5-6-15)14-17-12/h2-4,7,15H,5-6,8H2,1H3. The number of benzene rings is 1. The maximum Gasteiger partial charge on any atom is 0.231 e. The van der Waals surface area contributed by atoms with Gasteiger partial charge in [-0.3, -0.25) is 0 Å². The first-order valence-corrected chi connectivity index (χ1v) is 5.37. The van der Waals surface area contributed by atoms with E-state index < -0.39 is 0 Å². The van der Waals surface area contributed by atoms with Gasteiger partial charge in [0.05, 0.1) is 20.1 Å². The molecule has 2 rings (SSSR count). The lowest BCUT2D eigenvalue weighted by molar-refractivity contribution is 0.293. The second-order valence-corrected chi connectivity index (χ2v) is 3.61. The monoisotopic (exact) mass is 234 g/mol. The van der Waals surface area contributed by atoms with E-state index in [1.54, 1.807) is 7.11 Å². The summed E-state index contributed by atoms with van der Waals surface area (Å²) in [6, 6.07) is 7.70. The van der Waals surface area contributed by atoms with Crippen molar-refractivity contribution in [2.24, 2.45) is 0 Å². The molecule has 0 amide bonds. The van der Waals surface area contributed by atoms with Crippen LogP contribution in [0, 0.1) is 0 Å². The van der Waals surface area contributed by atoms with Crippen molar-refractivity contribution in [3.8, 4) is 5.75 Å². The van der Waals surface area contributed by atoms with E-state index in [1.165, 1.54) is 0 Å². The van der Waals surface area contributed by atoms with Crippen LogP contribution in [0.5, 0.6) is 5.75 Å². The largest absolute Gasteiger partial charge is 0.497 e. The van der Waals surface area contributed by atoms with Crippen molar-refractivity contribution in [2.45, 2.75) is 12.8 Å². The zero-order valence-electron chi connectivity index (χ0n) is 9.59. The summed E-state index contributed by atoms with van der Waals surface area (Å²) < 4.78 is 10.2. The molecule has 1 aromatic heterocycles. The number of rotatable bonds is 5. The summed E-state index contributed by atoms with van der Waals surface area (Å²) in [6.07, 6.45) is 0.983. The van der Waals surface area contributed by atoms with E-state index in [4.69, 9.17) is 14.4 Å². The Labute approximate surface area is 99.0 Å². The van der Waals surface area contributed by atoms with Crippen LogP contribution in [0.25, 0.3) is 0 Å². The average Bonchev–Trinajstić information content (AvgIpc) is 2.77. The Morgan fingerprint density at radius 3 is 3.06 bits per heavy atom. The van der Waals surface area contributed by atoms with Crippen LogP contribution < -0.4 is 4.74 Å². The third-order valence-corrected chi connectivity index (χ3v) is 2.34. The minimum absolute atomic E-state index is 0.0259. The van der Waals surface area contributed by atoms with E-state index in [2.05, 4.69) is 10.1 Å². The van der Waals surface area contributed by atoms with Crippen molar-refractivity contribution in [2.75, 3.05) is 13.7 Å². The van der Waals surface area contributed by atoms with Crippen LogP contribution in [0.3, 0.4) is 0 Å². The van der Waals surface area contributed by atoms with Crippen molar-refractivity contribution in [1.82, 2.24) is 10.1 Å². The number of hydrogen-bond acceptors (Lipinski definition) is 5. The molecule has 1 aromatic carbocycles. The summed E-state index contributed by atoms with van der Waals surface area (Å²) in [4.78, 5) is 4.17. The highest BCUT2D eigenvalue weighted by atomic mass is 16.5. The normalized spacial score (nSPS) is 10.5. The fourth-order valence-corrected chi connectivity index (χ4v) is 1.52. The fourth-order valence-electron chi connectivity index (χ4n) is 1.52. The molecule has 0 unspecified atom stereocenters. The second-order valence-electron chi connectivity index (χ2n) is 3.61. The Balaban J connectivity index is 2.08. The maximum absolute atomic E-state index is 8.75. The molecule has 2 aromatic rings. The fraction of sp³-hybridized carbons (Fsp3) is 0.333. The van der Waals surface area contributed by atoms with Crippen LogP contribution in [0.1, 0.15) is 17.3 Å². The van der Waals surface area contributed by atoms with Gasteiger partial charge in [-0.1, -0.05) is 17.3 Å². The number of ether oxygens (including phenoxy) is 1. The summed E-state index contributed by atoms with van der Waals surface area (Å²) in [5, 5.41) is 12.5. The van der Waals surface area contributed by atoms with Gasteiger partial charge in [-0.05, 0) is 17.7 Å². The lowest BCUT2D eigenvalue weighted by Crippen LogP contribution is -1.94. The molecule has 0 saturated carbocycles. The van der Waals surface area contributed by atoms with Gasteiger partial charge in [-0.2, -0.15) is 4.98 Å². The molecule has 0 atom stereocenters. The van der Waals surface area contributed by atoms with Crippen LogP contribution in [-0.4, -0.2) is 29.0 Å². The molecule has 0 aliphatic heterocycles. The zero-order chi connectivity index (χ0) is 12.1. The molecule has 0 spiro atoms. The summed E-state index contributed by atoms with van der Waals surface area (Å²) in [5.74, 6) is 1.88. The molecule has 0 radical (unpaired) electrons. The van der Waals surface area contributed by atoms with Gasteiger partial charge >= 0.3 is 0 Å². The molecular weight excluding hydrogens is 220 g/mol. The van der Waals surface area contributed by atoms with Crippen molar-refractivity contribution in [3.63, 3.8) is 0 Å². The van der Waals surface area contributed by atoms with Gasteiger partial charge in [0.2, 0.25) is 5.89 Å². The van der Waals surface area contributed by atoms with E-state index in [1.807, 2.05) is 24.3 Å². The first kappa shape index (κ1) is 11.6. The van der Waals surface area contributed by atoms with Crippen LogP contribution in [0.15, 0.2) is 28.8 Å². The summed E-state index contributed by atoms with van der Waals surface area (Å²) in [5.41, 5.74) is 1.04. The quantitative estimate of drug-likeness (QED) is 0.842. The molecule has 5 nitrogen and oxygen atoms in total. The lowest BCUT2D eigenvalue weighted by atomic mass is 10.1. The molecular formula is C12H14N2O3. The summed E-state index contributed by atoms with van der Waals surface area (Å²) in [6.45, 7) is 0.0259. The van der Waals surface area contributed by atoms with Crippen molar-refractivity contribution in [1.29, 1.82) is 0 Å². The molecule has 90 valence electrons. The van der Waals surface area contributed by atoms with Gasteiger partial charge in [0, 0.05) is 6.42 Å². The van der Waals surface area contributed by atoms with E-state index in [-0.39, 0.29) is 6.61 Å². The van der Waals surface area contributed by atoms with Crippen LogP contribution >= 0.6 is 0 Å². The smallest absolute Gasteiger partial charge is 0.231 e. The maximum atomic E-state index is 8.75. The first-order chi connectivity index (χ1) is 8.31. The Morgan fingerprint density at radius 2 is 2.29 bits per heavy atom. The lowest BCUT2D eigenvalue weighted by Gasteiger charge is -2.01. The first-order valence-electron chi connectivity index (χ1n) is 5.37. The minimum atomic E-state index is 0.0259. The predicted octanol–water partition coefficient (Wildman–Crippen LogP) is 1.20. The predicted molar refractivity (Wildman–Crippen MR) is 60.9 cm³/mol. The molecule has 0 bridgehead atoms. The number of aromatic nitrogens is 2. The van der Waals surface area contributed by atoms with Crippen molar-refractivity contribution < 1.29 is 14.4 Å². The summed E-state index contributed by atoms with van der Waals surface area (Å²) >= 11 is 0. The molecule has 1 heterocycles. The SMILES string of the molecule is COc1cccc(Cc2nc(CCO)no2)c1. The summed E-state index contributed by atoms with van der Waals surface area (Å²) in [7, 11) is 1.63. The molecule has 0 aliphatic rings. The molecule has 0 saturated heterocycles. The van der Waals surface area contributed by atoms with E-state index in [0.717, 1.165) is 11.3 Å². The third-order valence-electron chi connectivity index (χ3n) is 2.34. The van der Waals surface area contributed by atoms with Gasteiger partial charge < -0.3 is 14.4 Å². The number of nitrogens with zero attached hydrogens (tertiary/aromatic N) is 2. The van der Waals surface area contributed by atoms with Gasteiger partial charge in [-0.25, -0.2) is 0 Å². The number of aliphatic hydroxyl groups excluding tert-OH is 1. The van der Waals surface area contributed by atoms with Gasteiger partial charge in [-0.15, -0.1) is 0 Å². The van der Waals surface area contributed by atoms with E-state index in [9.17, 15) is 0 Å². The number of methoxy groups -OCH3 is 1. The van der Waals surface area contributed by atoms with Crippen molar-refractivity contribution >= 4 is 0 Å². The molecule has 1 N–H and O–H groups in total. The molecule has 0 fully saturated rings. The van der Waals surface area contributed by atoms with Crippen LogP contribution in [-0.2, 0) is 12.8 Å². The number of aliphatic hydroxyl groups is 1. The molecule has 5 heteroatoms. The minimum Gasteiger partial charge on any atom is -0.497 e. The number of hydrogen-bond donors (Lipinski definition) is 1. The Hall–Kier alpha value is -1.88. The molecule has 17 heavy (non-hydrogen) atoms. The van der Waals surface area contributed by atoms with E-state index in [0.29, 0.717) is 24.6 Å². The zero-order valence-corrected chi connectivity index (χ0v) is 9.59. The van der Waals surface area contributed by atoms with Gasteiger partial charge in [0.1, 0.15) is 5.75 Å². The third kappa shape index (κ3) is 3.04. The van der Waals surface area contributed by atoms with Crippen molar-refractivity contribution in [3.05, 3.63) is 41.5 Å². The highest BCUT2D eigenvalue weighted by molar-refractivity contribution is 5.29.